The van der Waals surface area contributed by atoms with Crippen molar-refractivity contribution in [3.63, 3.8) is 0 Å². The average molecular weight is 280 g/mol. The van der Waals surface area contributed by atoms with Gasteiger partial charge in [0, 0.05) is 9.79 Å². The van der Waals surface area contributed by atoms with E-state index in [9.17, 15) is 13.9 Å². The monoisotopic (exact) mass is 280 g/mol. The Hall–Kier alpha value is -1.39. The second kappa shape index (κ2) is 5.72. The summed E-state index contributed by atoms with van der Waals surface area (Å²) in [6.07, 6.45) is -0.802. The number of halogens is 2. The summed E-state index contributed by atoms with van der Waals surface area (Å²) in [4.78, 5) is 1.12. The van der Waals surface area contributed by atoms with Gasteiger partial charge in [0.05, 0.1) is 6.10 Å². The van der Waals surface area contributed by atoms with Gasteiger partial charge in [-0.2, -0.15) is 0 Å². The van der Waals surface area contributed by atoms with E-state index in [2.05, 4.69) is 0 Å². The Morgan fingerprint density at radius 1 is 1.05 bits per heavy atom. The number of benzene rings is 2. The zero-order chi connectivity index (χ0) is 14.0. The predicted octanol–water partition coefficient (Wildman–Crippen LogP) is 4.48. The fourth-order valence-corrected chi connectivity index (χ4v) is 2.86. The predicted molar refractivity (Wildman–Crippen MR) is 72.3 cm³/mol. The van der Waals surface area contributed by atoms with Crippen molar-refractivity contribution < 1.29 is 13.9 Å². The number of hydrogen-bond donors (Lipinski definition) is 1. The fourth-order valence-electron chi connectivity index (χ4n) is 1.73. The molecule has 0 saturated carbocycles. The van der Waals surface area contributed by atoms with Gasteiger partial charge in [-0.3, -0.25) is 0 Å². The van der Waals surface area contributed by atoms with Crippen molar-refractivity contribution in [1.29, 1.82) is 0 Å². The molecule has 0 aliphatic carbocycles. The van der Waals surface area contributed by atoms with E-state index in [0.717, 1.165) is 0 Å². The Labute approximate surface area is 115 Å². The maximum atomic E-state index is 13.6. The van der Waals surface area contributed by atoms with Crippen LogP contribution < -0.4 is 0 Å². The zero-order valence-corrected chi connectivity index (χ0v) is 11.5. The molecular formula is C15H14F2OS. The van der Waals surface area contributed by atoms with Gasteiger partial charge in [-0.1, -0.05) is 23.9 Å². The van der Waals surface area contributed by atoms with Gasteiger partial charge in [0.1, 0.15) is 11.6 Å². The van der Waals surface area contributed by atoms with Crippen LogP contribution in [0.4, 0.5) is 8.78 Å². The van der Waals surface area contributed by atoms with Gasteiger partial charge in [0.25, 0.3) is 0 Å². The van der Waals surface area contributed by atoms with Crippen LogP contribution in [0.1, 0.15) is 24.2 Å². The summed E-state index contributed by atoms with van der Waals surface area (Å²) in [5.74, 6) is -0.695. The van der Waals surface area contributed by atoms with Crippen LogP contribution in [-0.4, -0.2) is 5.11 Å². The smallest absolute Gasteiger partial charge is 0.137 e. The molecule has 1 nitrogen and oxygen atoms in total. The van der Waals surface area contributed by atoms with Crippen LogP contribution in [0.2, 0.25) is 0 Å². The van der Waals surface area contributed by atoms with E-state index < -0.39 is 6.10 Å². The molecule has 1 unspecified atom stereocenters. The molecule has 19 heavy (non-hydrogen) atoms. The Morgan fingerprint density at radius 2 is 1.74 bits per heavy atom. The Balaban J connectivity index is 2.45. The lowest BCUT2D eigenvalue weighted by atomic mass is 10.1. The largest absolute Gasteiger partial charge is 0.389 e. The Bertz CT molecular complexity index is 597. The second-order valence-corrected chi connectivity index (χ2v) is 5.43. The lowest BCUT2D eigenvalue weighted by Crippen LogP contribution is -1.97. The first-order chi connectivity index (χ1) is 8.99. The first-order valence-electron chi connectivity index (χ1n) is 5.89. The first-order valence-corrected chi connectivity index (χ1v) is 6.71. The third kappa shape index (κ3) is 3.14. The highest BCUT2D eigenvalue weighted by molar-refractivity contribution is 7.99. The quantitative estimate of drug-likeness (QED) is 0.894. The maximum absolute atomic E-state index is 13.6. The minimum atomic E-state index is -0.802. The van der Waals surface area contributed by atoms with Crippen molar-refractivity contribution in [1.82, 2.24) is 0 Å². The van der Waals surface area contributed by atoms with Crippen molar-refractivity contribution in [2.24, 2.45) is 0 Å². The highest BCUT2D eigenvalue weighted by Gasteiger charge is 2.14. The molecule has 0 amide bonds. The molecule has 2 aromatic carbocycles. The summed E-state index contributed by atoms with van der Waals surface area (Å²) in [5.41, 5.74) is 0.944. The van der Waals surface area contributed by atoms with Crippen molar-refractivity contribution in [2.45, 2.75) is 29.7 Å². The van der Waals surface area contributed by atoms with Gasteiger partial charge in [0.15, 0.2) is 0 Å². The summed E-state index contributed by atoms with van der Waals surface area (Å²) >= 11 is 1.19. The van der Waals surface area contributed by atoms with E-state index in [-0.39, 0.29) is 11.6 Å². The standard InChI is InChI=1S/C15H14F2OS/c1-9-7-15(11(10(2)18)8-13(9)17)19-14-6-4-3-5-12(14)16/h3-8,10,18H,1-2H3. The van der Waals surface area contributed by atoms with Crippen LogP contribution in [0, 0.1) is 18.6 Å². The molecule has 0 saturated heterocycles. The van der Waals surface area contributed by atoms with Crippen molar-refractivity contribution >= 4 is 11.8 Å². The summed E-state index contributed by atoms with van der Waals surface area (Å²) < 4.78 is 27.2. The van der Waals surface area contributed by atoms with E-state index in [4.69, 9.17) is 0 Å². The normalized spacial score (nSPS) is 12.5. The lowest BCUT2D eigenvalue weighted by Gasteiger charge is -2.13. The molecule has 0 heterocycles. The van der Waals surface area contributed by atoms with Crippen LogP contribution in [0.5, 0.6) is 0 Å². The minimum Gasteiger partial charge on any atom is -0.389 e. The molecule has 0 fully saturated rings. The van der Waals surface area contributed by atoms with Gasteiger partial charge in [0.2, 0.25) is 0 Å². The van der Waals surface area contributed by atoms with Gasteiger partial charge in [-0.25, -0.2) is 8.78 Å². The topological polar surface area (TPSA) is 20.2 Å². The van der Waals surface area contributed by atoms with E-state index in [1.54, 1.807) is 38.1 Å². The average Bonchev–Trinajstić information content (AvgIpc) is 2.36. The first kappa shape index (κ1) is 14.0. The van der Waals surface area contributed by atoms with Crippen LogP contribution in [0.3, 0.4) is 0 Å². The van der Waals surface area contributed by atoms with E-state index >= 15 is 0 Å². The van der Waals surface area contributed by atoms with E-state index in [1.807, 2.05) is 0 Å². The Kier molecular flexibility index (Phi) is 4.22. The van der Waals surface area contributed by atoms with Crippen molar-refractivity contribution in [2.75, 3.05) is 0 Å². The number of aryl methyl sites for hydroxylation is 1. The number of aliphatic hydroxyl groups excluding tert-OH is 1. The number of aliphatic hydroxyl groups is 1. The third-order valence-corrected chi connectivity index (χ3v) is 3.92. The van der Waals surface area contributed by atoms with Crippen LogP contribution in [0.15, 0.2) is 46.2 Å². The number of hydrogen-bond acceptors (Lipinski definition) is 2. The molecule has 0 bridgehead atoms. The summed E-state index contributed by atoms with van der Waals surface area (Å²) in [7, 11) is 0. The van der Waals surface area contributed by atoms with Crippen molar-refractivity contribution in [3.05, 3.63) is 59.2 Å². The molecule has 0 aliphatic rings. The van der Waals surface area contributed by atoms with Crippen LogP contribution in [0.25, 0.3) is 0 Å². The van der Waals surface area contributed by atoms with Crippen LogP contribution >= 0.6 is 11.8 Å². The molecule has 100 valence electrons. The fraction of sp³-hybridized carbons (Fsp3) is 0.200. The molecule has 1 N–H and O–H groups in total. The molecule has 1 atom stereocenters. The van der Waals surface area contributed by atoms with Gasteiger partial charge in [-0.15, -0.1) is 0 Å². The molecule has 2 aromatic rings. The molecule has 0 aromatic heterocycles. The Morgan fingerprint density at radius 3 is 2.37 bits per heavy atom. The number of rotatable bonds is 3. The second-order valence-electron chi connectivity index (χ2n) is 4.35. The van der Waals surface area contributed by atoms with Gasteiger partial charge in [-0.05, 0) is 49.2 Å². The van der Waals surface area contributed by atoms with Crippen molar-refractivity contribution in [3.8, 4) is 0 Å². The molecule has 0 radical (unpaired) electrons. The summed E-state index contributed by atoms with van der Waals surface area (Å²) in [5, 5.41) is 9.69. The highest BCUT2D eigenvalue weighted by Crippen LogP contribution is 2.36. The minimum absolute atomic E-state index is 0.328. The molecular weight excluding hydrogens is 266 g/mol. The SMILES string of the molecule is Cc1cc(Sc2ccccc2F)c(C(C)O)cc1F. The molecule has 2 rings (SSSR count). The lowest BCUT2D eigenvalue weighted by molar-refractivity contribution is 0.196. The van der Waals surface area contributed by atoms with Gasteiger partial charge >= 0.3 is 0 Å². The molecule has 4 heteroatoms. The summed E-state index contributed by atoms with van der Waals surface area (Å²) in [6.45, 7) is 3.21. The summed E-state index contributed by atoms with van der Waals surface area (Å²) in [6, 6.07) is 9.33. The zero-order valence-electron chi connectivity index (χ0n) is 10.7. The van der Waals surface area contributed by atoms with Gasteiger partial charge < -0.3 is 5.11 Å². The maximum Gasteiger partial charge on any atom is 0.137 e. The van der Waals surface area contributed by atoms with E-state index in [1.165, 1.54) is 23.9 Å². The van der Waals surface area contributed by atoms with Crippen LogP contribution in [-0.2, 0) is 0 Å². The van der Waals surface area contributed by atoms with E-state index in [0.29, 0.717) is 20.9 Å². The third-order valence-electron chi connectivity index (χ3n) is 2.80. The molecule has 0 spiro atoms. The molecule has 0 aliphatic heterocycles. The highest BCUT2D eigenvalue weighted by atomic mass is 32.2.